The van der Waals surface area contributed by atoms with Crippen molar-refractivity contribution in [2.75, 3.05) is 44.2 Å². The number of aliphatic hydroxyl groups excluding tert-OH is 1. The van der Waals surface area contributed by atoms with Crippen molar-refractivity contribution in [1.29, 1.82) is 0 Å². The minimum absolute atomic E-state index is 0.161. The number of β-amino-alcohol motifs (C(OH)–C–C–N with tert-alkyl or cyclic N) is 1. The second kappa shape index (κ2) is 7.58. The van der Waals surface area contributed by atoms with Crippen LogP contribution in [-0.4, -0.2) is 61.5 Å². The number of rotatable bonds is 6. The Hall–Kier alpha value is -1.17. The van der Waals surface area contributed by atoms with Crippen molar-refractivity contribution in [3.63, 3.8) is 0 Å². The number of anilines is 1. The zero-order valence-corrected chi connectivity index (χ0v) is 17.5. The summed E-state index contributed by atoms with van der Waals surface area (Å²) >= 11 is 0. The second-order valence-corrected chi connectivity index (χ2v) is 10.0. The van der Waals surface area contributed by atoms with E-state index in [1.54, 1.807) is 6.07 Å². The molecule has 2 bridgehead atoms. The lowest BCUT2D eigenvalue weighted by Crippen LogP contribution is -2.50. The molecule has 1 aliphatic heterocycles. The van der Waals surface area contributed by atoms with Gasteiger partial charge in [-0.1, -0.05) is 32.9 Å². The Balaban J connectivity index is 1.24. The largest absolute Gasteiger partial charge is 0.389 e. The van der Waals surface area contributed by atoms with Crippen LogP contribution in [0.4, 0.5) is 10.1 Å². The van der Waals surface area contributed by atoms with Gasteiger partial charge in [-0.2, -0.15) is 0 Å². The third-order valence-electron chi connectivity index (χ3n) is 7.63. The maximum Gasteiger partial charge on any atom is 0.146 e. The number of aliphatic hydroxyl groups is 1. The summed E-state index contributed by atoms with van der Waals surface area (Å²) in [6, 6.07) is 6.96. The van der Waals surface area contributed by atoms with Crippen LogP contribution in [0, 0.1) is 22.6 Å². The summed E-state index contributed by atoms with van der Waals surface area (Å²) < 4.78 is 20.3. The molecule has 1 aromatic rings. The van der Waals surface area contributed by atoms with Crippen LogP contribution in [0.2, 0.25) is 0 Å². The van der Waals surface area contributed by atoms with Crippen LogP contribution in [0.1, 0.15) is 40.0 Å². The first-order chi connectivity index (χ1) is 13.3. The van der Waals surface area contributed by atoms with E-state index in [1.165, 1.54) is 25.3 Å². The van der Waals surface area contributed by atoms with Gasteiger partial charge >= 0.3 is 0 Å². The number of benzene rings is 1. The van der Waals surface area contributed by atoms with Gasteiger partial charge in [-0.3, -0.25) is 4.90 Å². The molecular formula is C23H35FN2O2. The molecule has 1 aromatic carbocycles. The molecule has 28 heavy (non-hydrogen) atoms. The van der Waals surface area contributed by atoms with Crippen LogP contribution in [0.15, 0.2) is 24.3 Å². The summed E-state index contributed by atoms with van der Waals surface area (Å²) in [5.41, 5.74) is 1.16. The Labute approximate surface area is 168 Å². The summed E-state index contributed by atoms with van der Waals surface area (Å²) in [6.07, 6.45) is 3.60. The fraction of sp³-hybridized carbons (Fsp3) is 0.739. The summed E-state index contributed by atoms with van der Waals surface area (Å²) in [6.45, 7) is 11.3. The zero-order valence-electron chi connectivity index (χ0n) is 17.5. The standard InChI is InChI=1S/C23H35FN2O2/c1-22(2)17-8-9-23(3,14-17)21(22)28-16-18(27)15-25-10-12-26(13-11-25)20-7-5-4-6-19(20)24/h4-7,17-18,21,27H,8-16H2,1-3H3/t17-,18+,21-,23-/m1/s1. The molecule has 0 spiro atoms. The van der Waals surface area contributed by atoms with Crippen molar-refractivity contribution < 1.29 is 14.2 Å². The fourth-order valence-corrected chi connectivity index (χ4v) is 6.11. The van der Waals surface area contributed by atoms with Gasteiger partial charge in [0.25, 0.3) is 0 Å². The van der Waals surface area contributed by atoms with E-state index in [4.69, 9.17) is 4.74 Å². The molecule has 3 fully saturated rings. The highest BCUT2D eigenvalue weighted by Crippen LogP contribution is 2.63. The molecule has 0 aromatic heterocycles. The van der Waals surface area contributed by atoms with Gasteiger partial charge in [0.15, 0.2) is 0 Å². The monoisotopic (exact) mass is 390 g/mol. The van der Waals surface area contributed by atoms with Gasteiger partial charge in [0.2, 0.25) is 0 Å². The van der Waals surface area contributed by atoms with E-state index in [1.807, 2.05) is 12.1 Å². The summed E-state index contributed by atoms with van der Waals surface area (Å²) in [4.78, 5) is 4.35. The Morgan fingerprint density at radius 1 is 1.18 bits per heavy atom. The molecule has 5 heteroatoms. The van der Waals surface area contributed by atoms with Crippen LogP contribution in [0.5, 0.6) is 0 Å². The van der Waals surface area contributed by atoms with Gasteiger partial charge in [0, 0.05) is 32.7 Å². The average molecular weight is 391 g/mol. The van der Waals surface area contributed by atoms with E-state index in [2.05, 4.69) is 30.6 Å². The van der Waals surface area contributed by atoms with Gasteiger partial charge < -0.3 is 14.7 Å². The lowest BCUT2D eigenvalue weighted by molar-refractivity contribution is -0.113. The number of fused-ring (bicyclic) bond motifs is 2. The van der Waals surface area contributed by atoms with Gasteiger partial charge in [0.05, 0.1) is 24.5 Å². The quantitative estimate of drug-likeness (QED) is 0.806. The normalized spacial score (nSPS) is 33.4. The predicted molar refractivity (Wildman–Crippen MR) is 110 cm³/mol. The lowest BCUT2D eigenvalue weighted by Gasteiger charge is -2.43. The molecule has 1 N–H and O–H groups in total. The number of hydrogen-bond donors (Lipinski definition) is 1. The minimum atomic E-state index is -0.474. The first-order valence-electron chi connectivity index (χ1n) is 10.8. The molecule has 0 amide bonds. The molecular weight excluding hydrogens is 355 g/mol. The van der Waals surface area contributed by atoms with Crippen LogP contribution in [0.3, 0.4) is 0 Å². The smallest absolute Gasteiger partial charge is 0.146 e. The molecule has 2 aliphatic carbocycles. The van der Waals surface area contributed by atoms with Gasteiger partial charge in [-0.05, 0) is 48.1 Å². The van der Waals surface area contributed by atoms with Crippen LogP contribution in [-0.2, 0) is 4.74 Å². The molecule has 1 saturated heterocycles. The lowest BCUT2D eigenvalue weighted by atomic mass is 9.70. The van der Waals surface area contributed by atoms with Crippen LogP contribution >= 0.6 is 0 Å². The predicted octanol–water partition coefficient (Wildman–Crippen LogP) is 3.54. The molecule has 1 heterocycles. The fourth-order valence-electron chi connectivity index (χ4n) is 6.11. The molecule has 4 atom stereocenters. The minimum Gasteiger partial charge on any atom is -0.389 e. The summed E-state index contributed by atoms with van der Waals surface area (Å²) in [7, 11) is 0. The second-order valence-electron chi connectivity index (χ2n) is 10.0. The van der Waals surface area contributed by atoms with Crippen molar-refractivity contribution in [2.24, 2.45) is 16.7 Å². The molecule has 4 rings (SSSR count). The highest BCUT2D eigenvalue weighted by atomic mass is 19.1. The van der Waals surface area contributed by atoms with Crippen molar-refractivity contribution in [2.45, 2.75) is 52.2 Å². The zero-order chi connectivity index (χ0) is 19.9. The molecule has 2 saturated carbocycles. The Kier molecular flexibility index (Phi) is 5.45. The maximum absolute atomic E-state index is 14.0. The van der Waals surface area contributed by atoms with Crippen molar-refractivity contribution in [3.8, 4) is 0 Å². The SMILES string of the molecule is CC1(C)[C@@H]2CC[C@](C)(C2)[C@@H]1OC[C@@H](O)CN1CCN(c2ccccc2F)CC1. The average Bonchev–Trinajstić information content (AvgIpc) is 3.14. The Morgan fingerprint density at radius 2 is 1.89 bits per heavy atom. The first kappa shape index (κ1) is 20.1. The van der Waals surface area contributed by atoms with E-state index in [0.717, 1.165) is 32.1 Å². The number of hydrogen-bond acceptors (Lipinski definition) is 4. The molecule has 156 valence electrons. The van der Waals surface area contributed by atoms with Crippen LogP contribution < -0.4 is 4.90 Å². The number of piperazine rings is 1. The Bertz CT molecular complexity index is 684. The topological polar surface area (TPSA) is 35.9 Å². The number of nitrogens with zero attached hydrogens (tertiary/aromatic N) is 2. The van der Waals surface area contributed by atoms with E-state index in [9.17, 15) is 9.50 Å². The number of halogens is 1. The van der Waals surface area contributed by atoms with Crippen molar-refractivity contribution in [3.05, 3.63) is 30.1 Å². The van der Waals surface area contributed by atoms with Crippen LogP contribution in [0.25, 0.3) is 0 Å². The first-order valence-corrected chi connectivity index (χ1v) is 10.8. The summed E-state index contributed by atoms with van der Waals surface area (Å²) in [5, 5.41) is 10.6. The molecule has 4 nitrogen and oxygen atoms in total. The van der Waals surface area contributed by atoms with Crippen molar-refractivity contribution in [1.82, 2.24) is 4.90 Å². The maximum atomic E-state index is 14.0. The summed E-state index contributed by atoms with van der Waals surface area (Å²) in [5.74, 6) is 0.595. The van der Waals surface area contributed by atoms with Gasteiger partial charge in [0.1, 0.15) is 5.82 Å². The highest BCUT2D eigenvalue weighted by Gasteiger charge is 2.60. The number of para-hydroxylation sites is 1. The van der Waals surface area contributed by atoms with Gasteiger partial charge in [-0.15, -0.1) is 0 Å². The van der Waals surface area contributed by atoms with Gasteiger partial charge in [-0.25, -0.2) is 4.39 Å². The van der Waals surface area contributed by atoms with Crippen molar-refractivity contribution >= 4 is 5.69 Å². The molecule has 0 radical (unpaired) electrons. The molecule has 0 unspecified atom stereocenters. The highest BCUT2D eigenvalue weighted by molar-refractivity contribution is 5.47. The van der Waals surface area contributed by atoms with E-state index >= 15 is 0 Å². The number of ether oxygens (including phenoxy) is 1. The Morgan fingerprint density at radius 3 is 2.54 bits per heavy atom. The van der Waals surface area contributed by atoms with E-state index < -0.39 is 6.10 Å². The third-order valence-corrected chi connectivity index (χ3v) is 7.63. The third kappa shape index (κ3) is 3.69. The molecule has 3 aliphatic rings. The van der Waals surface area contributed by atoms with E-state index in [-0.39, 0.29) is 22.8 Å². The van der Waals surface area contributed by atoms with E-state index in [0.29, 0.717) is 18.8 Å².